The van der Waals surface area contributed by atoms with Crippen LogP contribution in [0.4, 0.5) is 0 Å². The maximum Gasteiger partial charge on any atom is 0.237 e. The van der Waals surface area contributed by atoms with E-state index in [2.05, 4.69) is 26.1 Å². The Balaban J connectivity index is 2.35. The second-order valence-electron chi connectivity index (χ2n) is 4.16. The molecule has 4 nitrogen and oxygen atoms in total. The summed E-state index contributed by atoms with van der Waals surface area (Å²) in [6, 6.07) is 5.36. The molecule has 0 aliphatic rings. The summed E-state index contributed by atoms with van der Waals surface area (Å²) in [6.07, 6.45) is 0.640. The van der Waals surface area contributed by atoms with Crippen LogP contribution in [-0.2, 0) is 4.79 Å². The van der Waals surface area contributed by atoms with E-state index in [-0.39, 0.29) is 11.7 Å². The average molecular weight is 344 g/mol. The number of carbonyl (C=O) groups is 1. The van der Waals surface area contributed by atoms with Gasteiger partial charge in [0, 0.05) is 10.0 Å². The SMILES string of the molecule is CCC(C(C)=O)c1nc(-c2ccc(Cl)c(Br)c2)no1. The Bertz CT molecular complexity index is 612. The monoisotopic (exact) mass is 342 g/mol. The van der Waals surface area contributed by atoms with Crippen molar-refractivity contribution < 1.29 is 9.32 Å². The summed E-state index contributed by atoms with van der Waals surface area (Å²) in [5, 5.41) is 4.52. The molecule has 2 rings (SSSR count). The van der Waals surface area contributed by atoms with Gasteiger partial charge >= 0.3 is 0 Å². The second kappa shape index (κ2) is 5.84. The molecule has 1 aromatic carbocycles. The van der Waals surface area contributed by atoms with Crippen LogP contribution in [0.15, 0.2) is 27.2 Å². The van der Waals surface area contributed by atoms with Crippen molar-refractivity contribution in [1.82, 2.24) is 10.1 Å². The molecule has 0 N–H and O–H groups in total. The molecular formula is C13H12BrClN2O2. The van der Waals surface area contributed by atoms with Crippen LogP contribution < -0.4 is 0 Å². The first-order chi connectivity index (χ1) is 9.02. The molecule has 2 aromatic rings. The molecule has 19 heavy (non-hydrogen) atoms. The minimum absolute atomic E-state index is 0.0231. The number of hydrogen-bond acceptors (Lipinski definition) is 4. The van der Waals surface area contributed by atoms with Crippen molar-refractivity contribution in [3.63, 3.8) is 0 Å². The zero-order valence-corrected chi connectivity index (χ0v) is 12.8. The predicted molar refractivity (Wildman–Crippen MR) is 76.2 cm³/mol. The molecule has 0 saturated carbocycles. The molecule has 1 atom stereocenters. The molecule has 0 amide bonds. The molecule has 6 heteroatoms. The summed E-state index contributed by atoms with van der Waals surface area (Å²) in [5.41, 5.74) is 0.782. The number of rotatable bonds is 4. The van der Waals surface area contributed by atoms with Gasteiger partial charge in [-0.05, 0) is 47.5 Å². The Morgan fingerprint density at radius 3 is 2.84 bits per heavy atom. The highest BCUT2D eigenvalue weighted by Crippen LogP contribution is 2.28. The van der Waals surface area contributed by atoms with E-state index < -0.39 is 0 Å². The summed E-state index contributed by atoms with van der Waals surface area (Å²) in [5.74, 6) is 0.495. The molecular weight excluding hydrogens is 332 g/mol. The molecule has 100 valence electrons. The summed E-state index contributed by atoms with van der Waals surface area (Å²) >= 11 is 9.28. The number of ketones is 1. The summed E-state index contributed by atoms with van der Waals surface area (Å²) in [6.45, 7) is 3.44. The second-order valence-corrected chi connectivity index (χ2v) is 5.42. The molecule has 0 aliphatic carbocycles. The van der Waals surface area contributed by atoms with Gasteiger partial charge in [0.05, 0.1) is 10.9 Å². The third kappa shape index (κ3) is 3.04. The molecule has 1 aromatic heterocycles. The van der Waals surface area contributed by atoms with Crippen LogP contribution >= 0.6 is 27.5 Å². The minimum atomic E-state index is -0.336. The van der Waals surface area contributed by atoms with Crippen molar-refractivity contribution >= 4 is 33.3 Å². The largest absolute Gasteiger partial charge is 0.338 e. The molecule has 0 spiro atoms. The van der Waals surface area contributed by atoms with Crippen molar-refractivity contribution in [2.24, 2.45) is 0 Å². The van der Waals surface area contributed by atoms with Gasteiger partial charge in [-0.15, -0.1) is 0 Å². The van der Waals surface area contributed by atoms with E-state index in [0.29, 0.717) is 23.2 Å². The van der Waals surface area contributed by atoms with E-state index in [9.17, 15) is 4.79 Å². The molecule has 1 unspecified atom stereocenters. The van der Waals surface area contributed by atoms with Gasteiger partial charge in [-0.2, -0.15) is 4.98 Å². The first kappa shape index (κ1) is 14.2. The summed E-state index contributed by atoms with van der Waals surface area (Å²) in [4.78, 5) is 15.7. The smallest absolute Gasteiger partial charge is 0.237 e. The van der Waals surface area contributed by atoms with Crippen LogP contribution in [0.3, 0.4) is 0 Å². The highest BCUT2D eigenvalue weighted by Gasteiger charge is 2.22. The van der Waals surface area contributed by atoms with Gasteiger partial charge in [0.1, 0.15) is 5.78 Å². The molecule has 0 radical (unpaired) electrons. The minimum Gasteiger partial charge on any atom is -0.338 e. The third-order valence-electron chi connectivity index (χ3n) is 2.82. The van der Waals surface area contributed by atoms with Crippen LogP contribution in [0.2, 0.25) is 5.02 Å². The van der Waals surface area contributed by atoms with Gasteiger partial charge in [0.25, 0.3) is 0 Å². The number of benzene rings is 1. The normalized spacial score (nSPS) is 12.4. The summed E-state index contributed by atoms with van der Waals surface area (Å²) < 4.78 is 5.93. The van der Waals surface area contributed by atoms with Crippen molar-refractivity contribution in [2.75, 3.05) is 0 Å². The van der Waals surface area contributed by atoms with E-state index in [1.165, 1.54) is 6.92 Å². The molecule has 0 saturated heterocycles. The Kier molecular flexibility index (Phi) is 4.37. The summed E-state index contributed by atoms with van der Waals surface area (Å²) in [7, 11) is 0. The van der Waals surface area contributed by atoms with Crippen LogP contribution in [0.5, 0.6) is 0 Å². The number of halogens is 2. The van der Waals surface area contributed by atoms with Gasteiger partial charge in [-0.3, -0.25) is 4.79 Å². The fraction of sp³-hybridized carbons (Fsp3) is 0.308. The van der Waals surface area contributed by atoms with Crippen molar-refractivity contribution in [2.45, 2.75) is 26.2 Å². The number of hydrogen-bond donors (Lipinski definition) is 0. The molecule has 0 fully saturated rings. The third-order valence-corrected chi connectivity index (χ3v) is 4.03. The number of Topliss-reactive ketones (excluding diaryl/α,β-unsaturated/α-hetero) is 1. The van der Waals surface area contributed by atoms with Gasteiger partial charge in [-0.25, -0.2) is 0 Å². The van der Waals surface area contributed by atoms with E-state index >= 15 is 0 Å². The van der Waals surface area contributed by atoms with Crippen LogP contribution in [-0.4, -0.2) is 15.9 Å². The van der Waals surface area contributed by atoms with Gasteiger partial charge < -0.3 is 4.52 Å². The Labute approximate surface area is 124 Å². The van der Waals surface area contributed by atoms with Crippen LogP contribution in [0, 0.1) is 0 Å². The maximum absolute atomic E-state index is 11.5. The number of carbonyl (C=O) groups excluding carboxylic acids is 1. The van der Waals surface area contributed by atoms with Crippen LogP contribution in [0.1, 0.15) is 32.1 Å². The lowest BCUT2D eigenvalue weighted by Crippen LogP contribution is -2.07. The Morgan fingerprint density at radius 2 is 2.26 bits per heavy atom. The molecule has 1 heterocycles. The topological polar surface area (TPSA) is 56.0 Å². The standard InChI is InChI=1S/C13H12BrClN2O2/c1-3-9(7(2)18)13-16-12(17-19-13)8-4-5-11(15)10(14)6-8/h4-6,9H,3H2,1-2H3. The van der Waals surface area contributed by atoms with Gasteiger partial charge in [0.15, 0.2) is 0 Å². The Hall–Kier alpha value is -1.20. The zero-order chi connectivity index (χ0) is 14.0. The quantitative estimate of drug-likeness (QED) is 0.833. The Morgan fingerprint density at radius 1 is 1.53 bits per heavy atom. The highest BCUT2D eigenvalue weighted by molar-refractivity contribution is 9.10. The fourth-order valence-electron chi connectivity index (χ4n) is 1.77. The van der Waals surface area contributed by atoms with Crippen molar-refractivity contribution in [3.8, 4) is 11.4 Å². The zero-order valence-electron chi connectivity index (χ0n) is 10.5. The lowest BCUT2D eigenvalue weighted by molar-refractivity contribution is -0.119. The van der Waals surface area contributed by atoms with Crippen molar-refractivity contribution in [3.05, 3.63) is 33.6 Å². The first-order valence-corrected chi connectivity index (χ1v) is 6.99. The highest BCUT2D eigenvalue weighted by atomic mass is 79.9. The molecule has 0 bridgehead atoms. The number of aromatic nitrogens is 2. The van der Waals surface area contributed by atoms with Crippen LogP contribution in [0.25, 0.3) is 11.4 Å². The van der Waals surface area contributed by atoms with E-state index in [4.69, 9.17) is 16.1 Å². The van der Waals surface area contributed by atoms with E-state index in [1.807, 2.05) is 13.0 Å². The van der Waals surface area contributed by atoms with Gasteiger partial charge in [0.2, 0.25) is 11.7 Å². The lowest BCUT2D eigenvalue weighted by Gasteiger charge is -2.03. The lowest BCUT2D eigenvalue weighted by atomic mass is 10.0. The van der Waals surface area contributed by atoms with Crippen molar-refractivity contribution in [1.29, 1.82) is 0 Å². The predicted octanol–water partition coefficient (Wildman–Crippen LogP) is 4.24. The number of nitrogens with zero attached hydrogens (tertiary/aromatic N) is 2. The molecule has 0 aliphatic heterocycles. The average Bonchev–Trinajstić information content (AvgIpc) is 2.82. The first-order valence-electron chi connectivity index (χ1n) is 5.82. The maximum atomic E-state index is 11.5. The van der Waals surface area contributed by atoms with E-state index in [1.54, 1.807) is 12.1 Å². The van der Waals surface area contributed by atoms with Gasteiger partial charge in [-0.1, -0.05) is 23.7 Å². The fourth-order valence-corrected chi connectivity index (χ4v) is 2.26. The van der Waals surface area contributed by atoms with E-state index in [0.717, 1.165) is 10.0 Å².